The van der Waals surface area contributed by atoms with E-state index in [1.54, 1.807) is 0 Å². The van der Waals surface area contributed by atoms with Crippen molar-refractivity contribution < 1.29 is 0 Å². The van der Waals surface area contributed by atoms with Crippen LogP contribution in [-0.2, 0) is 0 Å². The van der Waals surface area contributed by atoms with Crippen molar-refractivity contribution in [3.63, 3.8) is 0 Å². The maximum absolute atomic E-state index is 5.73. The third-order valence-corrected chi connectivity index (χ3v) is 1.69. The van der Waals surface area contributed by atoms with Crippen LogP contribution >= 0.6 is 0 Å². The van der Waals surface area contributed by atoms with Crippen molar-refractivity contribution in [2.45, 2.75) is 26.9 Å². The lowest BCUT2D eigenvalue weighted by atomic mass is 10.0. The molecule has 0 radical (unpaired) electrons. The van der Waals surface area contributed by atoms with Crippen LogP contribution in [0.5, 0.6) is 0 Å². The maximum Gasteiger partial charge on any atom is 0.118 e. The lowest BCUT2D eigenvalue weighted by Crippen LogP contribution is -2.22. The van der Waals surface area contributed by atoms with Crippen LogP contribution in [0.25, 0.3) is 0 Å². The Hall–Kier alpha value is -0.890. The van der Waals surface area contributed by atoms with E-state index < -0.39 is 0 Å². The van der Waals surface area contributed by atoms with Gasteiger partial charge in [-0.3, -0.25) is 4.99 Å². The first-order chi connectivity index (χ1) is 5.63. The average molecular weight is 166 g/mol. The van der Waals surface area contributed by atoms with Gasteiger partial charge in [-0.05, 0) is 25.1 Å². The van der Waals surface area contributed by atoms with Gasteiger partial charge in [0, 0.05) is 0 Å². The van der Waals surface area contributed by atoms with E-state index in [-0.39, 0.29) is 6.17 Å². The maximum atomic E-state index is 5.73. The van der Waals surface area contributed by atoms with Crippen molar-refractivity contribution in [2.75, 3.05) is 0 Å². The minimum Gasteiger partial charge on any atom is -0.306 e. The quantitative estimate of drug-likeness (QED) is 0.504. The Balaban J connectivity index is 4.53. The van der Waals surface area contributed by atoms with E-state index in [1.807, 2.05) is 25.2 Å². The zero-order valence-electron chi connectivity index (χ0n) is 8.12. The van der Waals surface area contributed by atoms with Crippen molar-refractivity contribution in [1.29, 1.82) is 0 Å². The summed E-state index contributed by atoms with van der Waals surface area (Å²) in [7, 11) is 0. The van der Waals surface area contributed by atoms with Crippen molar-refractivity contribution in [3.8, 4) is 0 Å². The third-order valence-electron chi connectivity index (χ3n) is 1.69. The molecule has 0 aliphatic rings. The molecule has 0 fully saturated rings. The van der Waals surface area contributed by atoms with Crippen LogP contribution < -0.4 is 5.73 Å². The molecule has 1 atom stereocenters. The molecule has 0 spiro atoms. The van der Waals surface area contributed by atoms with Crippen LogP contribution in [0.15, 0.2) is 28.8 Å². The summed E-state index contributed by atoms with van der Waals surface area (Å²) in [5.74, 6) is 0.418. The van der Waals surface area contributed by atoms with Crippen LogP contribution in [0.2, 0.25) is 0 Å². The second-order valence-electron chi connectivity index (χ2n) is 2.97. The number of hydrogen-bond acceptors (Lipinski definition) is 2. The van der Waals surface area contributed by atoms with Crippen LogP contribution in [0.4, 0.5) is 0 Å². The molecule has 0 aliphatic carbocycles. The summed E-state index contributed by atoms with van der Waals surface area (Å²) in [6.45, 7) is 9.60. The largest absolute Gasteiger partial charge is 0.306 e. The van der Waals surface area contributed by atoms with Gasteiger partial charge >= 0.3 is 0 Å². The monoisotopic (exact) mass is 166 g/mol. The molecular formula is C10H18N2. The summed E-state index contributed by atoms with van der Waals surface area (Å²) in [4.78, 5) is 3.79. The second-order valence-corrected chi connectivity index (χ2v) is 2.97. The predicted molar refractivity (Wildman–Crippen MR) is 55.3 cm³/mol. The van der Waals surface area contributed by atoms with E-state index in [4.69, 9.17) is 5.73 Å². The Morgan fingerprint density at radius 3 is 2.42 bits per heavy atom. The molecule has 1 unspecified atom stereocenters. The van der Waals surface area contributed by atoms with E-state index in [1.165, 1.54) is 0 Å². The topological polar surface area (TPSA) is 38.4 Å². The fraction of sp³-hybridized carbons (Fsp3) is 0.500. The molecular weight excluding hydrogens is 148 g/mol. The highest BCUT2D eigenvalue weighted by atomic mass is 14.9. The zero-order chi connectivity index (χ0) is 9.56. The van der Waals surface area contributed by atoms with Gasteiger partial charge in [-0.1, -0.05) is 32.1 Å². The molecule has 0 aromatic heterocycles. The third kappa shape index (κ3) is 3.49. The van der Waals surface area contributed by atoms with E-state index in [0.717, 1.165) is 5.57 Å². The SMILES string of the molecule is C=NC(N)/C(=C/C=C/C)C(C)C. The highest BCUT2D eigenvalue weighted by Crippen LogP contribution is 2.13. The van der Waals surface area contributed by atoms with Gasteiger partial charge in [0.25, 0.3) is 0 Å². The molecule has 0 saturated heterocycles. The lowest BCUT2D eigenvalue weighted by Gasteiger charge is -2.14. The van der Waals surface area contributed by atoms with Crippen LogP contribution in [0.3, 0.4) is 0 Å². The Labute approximate surface area is 74.9 Å². The Bertz CT molecular complexity index is 190. The second kappa shape index (κ2) is 5.72. The van der Waals surface area contributed by atoms with Crippen LogP contribution in [0.1, 0.15) is 20.8 Å². The number of hydrogen-bond donors (Lipinski definition) is 1. The highest BCUT2D eigenvalue weighted by molar-refractivity contribution is 5.28. The molecule has 12 heavy (non-hydrogen) atoms. The van der Waals surface area contributed by atoms with Crippen molar-refractivity contribution >= 4 is 6.72 Å². The van der Waals surface area contributed by atoms with Gasteiger partial charge in [0.15, 0.2) is 0 Å². The Kier molecular flexibility index (Phi) is 5.30. The fourth-order valence-corrected chi connectivity index (χ4v) is 0.945. The van der Waals surface area contributed by atoms with Crippen LogP contribution in [-0.4, -0.2) is 12.9 Å². The van der Waals surface area contributed by atoms with Crippen molar-refractivity contribution in [1.82, 2.24) is 0 Å². The molecule has 0 aliphatic heterocycles. The number of rotatable bonds is 4. The standard InChI is InChI=1S/C10H18N2/c1-5-6-7-9(8(2)3)10(11)12-4/h5-8,10H,4,11H2,1-3H3/b6-5+,9-7+. The first-order valence-electron chi connectivity index (χ1n) is 4.17. The smallest absolute Gasteiger partial charge is 0.118 e. The van der Waals surface area contributed by atoms with Gasteiger partial charge in [0.1, 0.15) is 6.17 Å². The van der Waals surface area contributed by atoms with Crippen LogP contribution in [0, 0.1) is 5.92 Å². The number of allylic oxidation sites excluding steroid dienone is 3. The summed E-state index contributed by atoms with van der Waals surface area (Å²) in [5, 5.41) is 0. The molecule has 0 amide bonds. The molecule has 0 aromatic rings. The first-order valence-corrected chi connectivity index (χ1v) is 4.17. The first kappa shape index (κ1) is 11.1. The molecule has 68 valence electrons. The Morgan fingerprint density at radius 2 is 2.08 bits per heavy atom. The minimum atomic E-state index is -0.263. The normalized spacial score (nSPS) is 15.6. The van der Waals surface area contributed by atoms with Gasteiger partial charge in [-0.15, -0.1) is 0 Å². The van der Waals surface area contributed by atoms with Gasteiger partial charge in [0.05, 0.1) is 0 Å². The summed E-state index contributed by atoms with van der Waals surface area (Å²) in [6.07, 6.45) is 5.68. The van der Waals surface area contributed by atoms with Crippen molar-refractivity contribution in [2.24, 2.45) is 16.6 Å². The van der Waals surface area contributed by atoms with Gasteiger partial charge < -0.3 is 5.73 Å². The van der Waals surface area contributed by atoms with Gasteiger partial charge in [-0.2, -0.15) is 0 Å². The molecule has 0 heterocycles. The average Bonchev–Trinajstić information content (AvgIpc) is 2.04. The molecule has 2 N–H and O–H groups in total. The van der Waals surface area contributed by atoms with E-state index in [9.17, 15) is 0 Å². The van der Waals surface area contributed by atoms with Crippen molar-refractivity contribution in [3.05, 3.63) is 23.8 Å². The number of nitrogens with two attached hydrogens (primary N) is 1. The summed E-state index contributed by atoms with van der Waals surface area (Å²) >= 11 is 0. The Morgan fingerprint density at radius 1 is 1.50 bits per heavy atom. The summed E-state index contributed by atoms with van der Waals surface area (Å²) < 4.78 is 0. The van der Waals surface area contributed by atoms with E-state index >= 15 is 0 Å². The predicted octanol–water partition coefficient (Wildman–Crippen LogP) is 2.13. The highest BCUT2D eigenvalue weighted by Gasteiger charge is 2.08. The molecule has 0 saturated carbocycles. The van der Waals surface area contributed by atoms with E-state index in [2.05, 4.69) is 25.6 Å². The summed E-state index contributed by atoms with van der Waals surface area (Å²) in [5.41, 5.74) is 6.84. The van der Waals surface area contributed by atoms with Gasteiger partial charge in [-0.25, -0.2) is 0 Å². The lowest BCUT2D eigenvalue weighted by molar-refractivity contribution is 0.663. The summed E-state index contributed by atoms with van der Waals surface area (Å²) in [6, 6.07) is 0. The molecule has 0 rings (SSSR count). The molecule has 0 bridgehead atoms. The van der Waals surface area contributed by atoms with Gasteiger partial charge in [0.2, 0.25) is 0 Å². The minimum absolute atomic E-state index is 0.263. The molecule has 2 heteroatoms. The molecule has 2 nitrogen and oxygen atoms in total. The van der Waals surface area contributed by atoms with E-state index in [0.29, 0.717) is 5.92 Å². The molecule has 0 aromatic carbocycles. The number of aliphatic imine (C=N–C) groups is 1. The number of nitrogens with zero attached hydrogens (tertiary/aromatic N) is 1. The zero-order valence-corrected chi connectivity index (χ0v) is 8.12. The fourth-order valence-electron chi connectivity index (χ4n) is 0.945.